The first-order valence-corrected chi connectivity index (χ1v) is 10.5. The van der Waals surface area contributed by atoms with Crippen LogP contribution in [0.1, 0.15) is 24.1 Å². The van der Waals surface area contributed by atoms with Crippen molar-refractivity contribution >= 4 is 11.4 Å². The molecule has 0 bridgehead atoms. The van der Waals surface area contributed by atoms with Crippen molar-refractivity contribution in [3.63, 3.8) is 0 Å². The van der Waals surface area contributed by atoms with E-state index in [1.165, 1.54) is 0 Å². The summed E-state index contributed by atoms with van der Waals surface area (Å²) >= 11 is 0. The first-order valence-electron chi connectivity index (χ1n) is 10.5. The van der Waals surface area contributed by atoms with Crippen LogP contribution in [0.15, 0.2) is 43.1 Å². The molecule has 158 valence electrons. The molecule has 5 heterocycles. The third-order valence-electron chi connectivity index (χ3n) is 6.46. The van der Waals surface area contributed by atoms with Crippen molar-refractivity contribution in [3.05, 3.63) is 54.3 Å². The topological polar surface area (TPSA) is 81.7 Å². The molecule has 5 rings (SSSR count). The average molecular weight is 409 g/mol. The van der Waals surface area contributed by atoms with Gasteiger partial charge in [-0.15, -0.1) is 0 Å². The van der Waals surface area contributed by atoms with Gasteiger partial charge in [-0.3, -0.25) is 4.90 Å². The van der Waals surface area contributed by atoms with Crippen LogP contribution in [0.2, 0.25) is 0 Å². The fourth-order valence-corrected chi connectivity index (χ4v) is 4.38. The van der Waals surface area contributed by atoms with Gasteiger partial charge in [0.15, 0.2) is 5.88 Å². The summed E-state index contributed by atoms with van der Waals surface area (Å²) in [5, 5.41) is 4.68. The number of nitrogens with zero attached hydrogens (tertiary/aromatic N) is 5. The maximum atomic E-state index is 5.92. The second kappa shape index (κ2) is 7.77. The Morgan fingerprint density at radius 1 is 1.23 bits per heavy atom. The molecule has 0 radical (unpaired) electrons. The highest BCUT2D eigenvalue weighted by atomic mass is 16.5. The van der Waals surface area contributed by atoms with E-state index in [4.69, 9.17) is 20.2 Å². The number of ether oxygens (including phenoxy) is 2. The molecule has 3 aliphatic rings. The second-order valence-electron chi connectivity index (χ2n) is 8.17. The van der Waals surface area contributed by atoms with Gasteiger partial charge < -0.3 is 20.1 Å². The van der Waals surface area contributed by atoms with E-state index in [0.717, 1.165) is 67.5 Å². The number of pyridine rings is 1. The van der Waals surface area contributed by atoms with Crippen molar-refractivity contribution in [1.82, 2.24) is 19.7 Å². The summed E-state index contributed by atoms with van der Waals surface area (Å²) in [5.41, 5.74) is 9.38. The summed E-state index contributed by atoms with van der Waals surface area (Å²) in [5.74, 6) is 1.39. The molecule has 0 aromatic carbocycles. The zero-order valence-corrected chi connectivity index (χ0v) is 17.3. The quantitative estimate of drug-likeness (QED) is 0.809. The number of anilines is 1. The molecule has 2 N–H and O–H groups in total. The van der Waals surface area contributed by atoms with Gasteiger partial charge in [-0.2, -0.15) is 5.10 Å². The van der Waals surface area contributed by atoms with E-state index in [0.29, 0.717) is 24.6 Å². The van der Waals surface area contributed by atoms with Crippen LogP contribution in [-0.4, -0.2) is 65.1 Å². The van der Waals surface area contributed by atoms with E-state index >= 15 is 0 Å². The Bertz CT molecular complexity index is 955. The number of aromatic nitrogens is 3. The third kappa shape index (κ3) is 3.36. The Kier molecular flexibility index (Phi) is 4.96. The number of nitrogens with two attached hydrogens (primary N) is 1. The lowest BCUT2D eigenvalue weighted by Crippen LogP contribution is -2.54. The van der Waals surface area contributed by atoms with Gasteiger partial charge in [0.2, 0.25) is 0 Å². The van der Waals surface area contributed by atoms with Crippen molar-refractivity contribution in [1.29, 1.82) is 0 Å². The lowest BCUT2D eigenvalue weighted by atomic mass is 10.0. The molecule has 8 heteroatoms. The number of likely N-dealkylation sites (N-methyl/N-ethyl adjacent to an activating group) is 1. The first-order chi connectivity index (χ1) is 14.6. The van der Waals surface area contributed by atoms with E-state index in [9.17, 15) is 0 Å². The van der Waals surface area contributed by atoms with E-state index < -0.39 is 0 Å². The van der Waals surface area contributed by atoms with Gasteiger partial charge in [0, 0.05) is 30.9 Å². The lowest BCUT2D eigenvalue weighted by Gasteiger charge is -2.43. The van der Waals surface area contributed by atoms with E-state index in [2.05, 4.69) is 40.7 Å². The van der Waals surface area contributed by atoms with Crippen LogP contribution >= 0.6 is 0 Å². The first kappa shape index (κ1) is 19.1. The number of hydrogen-bond donors (Lipinski definition) is 1. The van der Waals surface area contributed by atoms with E-state index in [-0.39, 0.29) is 0 Å². The van der Waals surface area contributed by atoms with Gasteiger partial charge in [-0.25, -0.2) is 9.67 Å². The minimum Gasteiger partial charge on any atom is -0.474 e. The molecule has 2 aromatic rings. The maximum absolute atomic E-state index is 5.92. The van der Waals surface area contributed by atoms with Crippen LogP contribution in [0.3, 0.4) is 0 Å². The van der Waals surface area contributed by atoms with Crippen LogP contribution in [0.25, 0.3) is 11.3 Å². The van der Waals surface area contributed by atoms with Crippen molar-refractivity contribution in [2.45, 2.75) is 31.5 Å². The molecule has 2 fully saturated rings. The van der Waals surface area contributed by atoms with Gasteiger partial charge in [-0.1, -0.05) is 12.7 Å². The highest BCUT2D eigenvalue weighted by Crippen LogP contribution is 2.28. The highest BCUT2D eigenvalue weighted by molar-refractivity contribution is 5.75. The molecule has 0 atom stereocenters. The zero-order chi connectivity index (χ0) is 20.7. The number of piperidine rings is 1. The number of hydrogen-bond acceptors (Lipinski definition) is 7. The van der Waals surface area contributed by atoms with E-state index in [1.807, 2.05) is 17.1 Å². The number of rotatable bonds is 5. The monoisotopic (exact) mass is 408 g/mol. The maximum Gasteiger partial charge on any atom is 0.194 e. The summed E-state index contributed by atoms with van der Waals surface area (Å²) in [6, 6.07) is 5.36. The predicted molar refractivity (Wildman–Crippen MR) is 115 cm³/mol. The summed E-state index contributed by atoms with van der Waals surface area (Å²) in [6.07, 6.45) is 7.83. The van der Waals surface area contributed by atoms with Crippen molar-refractivity contribution < 1.29 is 9.47 Å². The van der Waals surface area contributed by atoms with Crippen LogP contribution in [0, 0.1) is 0 Å². The summed E-state index contributed by atoms with van der Waals surface area (Å²) < 4.78 is 12.7. The van der Waals surface area contributed by atoms with E-state index in [1.54, 1.807) is 6.08 Å². The normalized spacial score (nSPS) is 20.1. The van der Waals surface area contributed by atoms with Crippen LogP contribution < -0.4 is 10.6 Å². The fourth-order valence-electron chi connectivity index (χ4n) is 4.38. The third-order valence-corrected chi connectivity index (χ3v) is 6.46. The molecule has 3 aliphatic heterocycles. The molecule has 0 aliphatic carbocycles. The minimum absolute atomic E-state index is 0.370. The Balaban J connectivity index is 1.26. The Morgan fingerprint density at radius 2 is 2.03 bits per heavy atom. The molecular formula is C22H28N6O2. The van der Waals surface area contributed by atoms with Crippen LogP contribution in [0.5, 0.6) is 0 Å². The second-order valence-corrected chi connectivity index (χ2v) is 8.17. The van der Waals surface area contributed by atoms with Crippen molar-refractivity contribution in [2.75, 3.05) is 38.3 Å². The van der Waals surface area contributed by atoms with Gasteiger partial charge in [0.05, 0.1) is 36.7 Å². The fraction of sp³-hybridized carbons (Fsp3) is 0.455. The average Bonchev–Trinajstić information content (AvgIpc) is 3.17. The van der Waals surface area contributed by atoms with Gasteiger partial charge in [0.1, 0.15) is 18.1 Å². The highest BCUT2D eigenvalue weighted by Gasteiger charge is 2.31. The SMILES string of the molecule is C=CC1=C(N)OCc2cn(-c3ccc(N4CCC(N(C)C5COC5)CC4)nc3)nc21. The molecule has 0 amide bonds. The molecule has 8 nitrogen and oxygen atoms in total. The largest absolute Gasteiger partial charge is 0.474 e. The Hall–Kier alpha value is -2.84. The van der Waals surface area contributed by atoms with Crippen LogP contribution in [0.4, 0.5) is 5.82 Å². The van der Waals surface area contributed by atoms with Gasteiger partial charge in [-0.05, 0) is 32.0 Å². The summed E-state index contributed by atoms with van der Waals surface area (Å²) in [4.78, 5) is 9.58. The minimum atomic E-state index is 0.370. The predicted octanol–water partition coefficient (Wildman–Crippen LogP) is 1.91. The summed E-state index contributed by atoms with van der Waals surface area (Å²) in [7, 11) is 2.23. The van der Waals surface area contributed by atoms with Crippen molar-refractivity contribution in [2.24, 2.45) is 5.73 Å². The standard InChI is InChI=1S/C22H28N6O2/c1-3-19-21-15(12-30-22(19)23)11-28(25-21)17-4-5-20(24-10-17)27-8-6-16(7-9-27)26(2)18-13-29-14-18/h3-5,10-11,16,18H,1,6-9,12-14,23H2,2H3. The Labute approximate surface area is 176 Å². The number of fused-ring (bicyclic) bond motifs is 1. The molecular weight excluding hydrogens is 380 g/mol. The van der Waals surface area contributed by atoms with Crippen LogP contribution in [-0.2, 0) is 16.1 Å². The van der Waals surface area contributed by atoms with Gasteiger partial charge >= 0.3 is 0 Å². The molecule has 30 heavy (non-hydrogen) atoms. The molecule has 2 aromatic heterocycles. The molecule has 2 saturated heterocycles. The number of allylic oxidation sites excluding steroid dienone is 2. The van der Waals surface area contributed by atoms with Crippen molar-refractivity contribution in [3.8, 4) is 5.69 Å². The molecule has 0 unspecified atom stereocenters. The molecule has 0 saturated carbocycles. The lowest BCUT2D eigenvalue weighted by molar-refractivity contribution is -0.0718. The summed E-state index contributed by atoms with van der Waals surface area (Å²) in [6.45, 7) is 8.03. The zero-order valence-electron chi connectivity index (χ0n) is 17.3. The Morgan fingerprint density at radius 3 is 2.67 bits per heavy atom. The molecule has 0 spiro atoms. The smallest absolute Gasteiger partial charge is 0.194 e. The van der Waals surface area contributed by atoms with Gasteiger partial charge in [0.25, 0.3) is 0 Å².